The fourth-order valence-corrected chi connectivity index (χ4v) is 4.33. The molecule has 0 radical (unpaired) electrons. The van der Waals surface area contributed by atoms with Gasteiger partial charge in [-0.1, -0.05) is 36.4 Å². The van der Waals surface area contributed by atoms with Crippen molar-refractivity contribution < 1.29 is 4.42 Å². The van der Waals surface area contributed by atoms with Gasteiger partial charge in [-0.2, -0.15) is 0 Å². The van der Waals surface area contributed by atoms with Crippen LogP contribution in [0.25, 0.3) is 22.2 Å². The van der Waals surface area contributed by atoms with Gasteiger partial charge in [0.1, 0.15) is 5.58 Å². The second-order valence-corrected chi connectivity index (χ2v) is 7.66. The molecule has 0 unspecified atom stereocenters. The van der Waals surface area contributed by atoms with Crippen molar-refractivity contribution in [1.82, 2.24) is 15.6 Å². The number of fused-ring (bicyclic) bond motifs is 1. The third-order valence-electron chi connectivity index (χ3n) is 5.76. The molecule has 0 amide bonds. The Morgan fingerprint density at radius 3 is 2.79 bits per heavy atom. The molecule has 5 rings (SSSR count). The van der Waals surface area contributed by atoms with Crippen LogP contribution in [0.15, 0.2) is 83.6 Å². The summed E-state index contributed by atoms with van der Waals surface area (Å²) in [6.07, 6.45) is 5.95. The summed E-state index contributed by atoms with van der Waals surface area (Å²) in [5, 5.41) is 8.62. The number of aromatic nitrogens is 1. The Hall–Kier alpha value is -2.95. The van der Waals surface area contributed by atoms with Crippen molar-refractivity contribution in [1.29, 1.82) is 0 Å². The third-order valence-corrected chi connectivity index (χ3v) is 5.76. The van der Waals surface area contributed by atoms with Crippen LogP contribution in [0.3, 0.4) is 0 Å². The molecular weight excluding hydrogens is 358 g/mol. The molecule has 4 nitrogen and oxygen atoms in total. The summed E-state index contributed by atoms with van der Waals surface area (Å²) < 4.78 is 5.82. The van der Waals surface area contributed by atoms with Crippen LogP contribution in [0.1, 0.15) is 30.0 Å². The number of pyridine rings is 1. The van der Waals surface area contributed by atoms with E-state index in [1.165, 1.54) is 17.5 Å². The Morgan fingerprint density at radius 2 is 1.93 bits per heavy atom. The molecule has 0 aliphatic carbocycles. The monoisotopic (exact) mass is 383 g/mol. The first-order valence-corrected chi connectivity index (χ1v) is 10.3. The van der Waals surface area contributed by atoms with E-state index in [0.29, 0.717) is 12.1 Å². The summed E-state index contributed by atoms with van der Waals surface area (Å²) in [5.41, 5.74) is 5.58. The van der Waals surface area contributed by atoms with Gasteiger partial charge in [0.25, 0.3) is 0 Å². The molecule has 4 aromatic rings. The fraction of sp³-hybridized carbons (Fsp3) is 0.240. The second kappa shape index (κ2) is 8.19. The van der Waals surface area contributed by atoms with Crippen molar-refractivity contribution in [3.05, 3.63) is 90.3 Å². The zero-order chi connectivity index (χ0) is 19.5. The molecule has 2 aromatic heterocycles. The second-order valence-electron chi connectivity index (χ2n) is 7.66. The minimum absolute atomic E-state index is 0.330. The van der Waals surface area contributed by atoms with Crippen LogP contribution in [-0.4, -0.2) is 17.6 Å². The van der Waals surface area contributed by atoms with Crippen LogP contribution < -0.4 is 10.6 Å². The molecule has 2 aromatic carbocycles. The van der Waals surface area contributed by atoms with Gasteiger partial charge in [-0.15, -0.1) is 0 Å². The molecule has 2 N–H and O–H groups in total. The van der Waals surface area contributed by atoms with Gasteiger partial charge in [0.2, 0.25) is 0 Å². The maximum Gasteiger partial charge on any atom is 0.138 e. The van der Waals surface area contributed by atoms with Crippen LogP contribution >= 0.6 is 0 Å². The lowest BCUT2D eigenvalue weighted by atomic mass is 9.92. The van der Waals surface area contributed by atoms with Crippen molar-refractivity contribution in [2.75, 3.05) is 6.54 Å². The van der Waals surface area contributed by atoms with Gasteiger partial charge in [0, 0.05) is 41.3 Å². The van der Waals surface area contributed by atoms with Crippen molar-refractivity contribution in [2.45, 2.75) is 31.5 Å². The number of hydrogen-bond acceptors (Lipinski definition) is 4. The highest BCUT2D eigenvalue weighted by molar-refractivity contribution is 5.85. The van der Waals surface area contributed by atoms with E-state index in [1.807, 2.05) is 24.4 Å². The lowest BCUT2D eigenvalue weighted by Gasteiger charge is -2.34. The molecule has 2 atom stereocenters. The Kier molecular flexibility index (Phi) is 5.11. The highest BCUT2D eigenvalue weighted by atomic mass is 16.3. The van der Waals surface area contributed by atoms with Gasteiger partial charge in [0.05, 0.1) is 12.0 Å². The first-order valence-electron chi connectivity index (χ1n) is 10.3. The van der Waals surface area contributed by atoms with E-state index in [4.69, 9.17) is 4.42 Å². The molecule has 1 saturated heterocycles. The summed E-state index contributed by atoms with van der Waals surface area (Å²) in [7, 11) is 0. The van der Waals surface area contributed by atoms with Crippen LogP contribution in [0.5, 0.6) is 0 Å². The van der Waals surface area contributed by atoms with Crippen molar-refractivity contribution in [3.8, 4) is 11.3 Å². The summed E-state index contributed by atoms with van der Waals surface area (Å²) in [4.78, 5) is 4.52. The Morgan fingerprint density at radius 1 is 1.03 bits per heavy atom. The molecule has 1 fully saturated rings. The number of piperidine rings is 1. The highest BCUT2D eigenvalue weighted by Gasteiger charge is 2.25. The summed E-state index contributed by atoms with van der Waals surface area (Å²) in [5.74, 6) is 0. The van der Waals surface area contributed by atoms with E-state index in [-0.39, 0.29) is 0 Å². The van der Waals surface area contributed by atoms with E-state index in [2.05, 4.69) is 64.1 Å². The van der Waals surface area contributed by atoms with Crippen molar-refractivity contribution in [2.24, 2.45) is 0 Å². The molecule has 0 spiro atoms. The Balaban J connectivity index is 1.42. The molecule has 1 aliphatic rings. The van der Waals surface area contributed by atoms with Gasteiger partial charge in [-0.05, 0) is 55.3 Å². The van der Waals surface area contributed by atoms with Gasteiger partial charge in [0.15, 0.2) is 0 Å². The number of benzene rings is 2. The van der Waals surface area contributed by atoms with Gasteiger partial charge in [-0.25, -0.2) is 0 Å². The largest absolute Gasteiger partial charge is 0.464 e. The molecular formula is C25H25N3O. The number of rotatable bonds is 5. The van der Waals surface area contributed by atoms with E-state index < -0.39 is 0 Å². The number of furan rings is 1. The van der Waals surface area contributed by atoms with E-state index in [1.54, 1.807) is 6.26 Å². The number of nitrogens with zero attached hydrogens (tertiary/aromatic N) is 1. The SMILES string of the molecule is c1ccc([C@H]2NCCC[C@H]2NCc2cc(-c3ccccn3)cc3ccoc23)cc1. The molecule has 146 valence electrons. The topological polar surface area (TPSA) is 50.1 Å². The predicted molar refractivity (Wildman–Crippen MR) is 116 cm³/mol. The van der Waals surface area contributed by atoms with Crippen LogP contribution in [0.2, 0.25) is 0 Å². The quantitative estimate of drug-likeness (QED) is 0.505. The normalized spacial score (nSPS) is 19.4. The lowest BCUT2D eigenvalue weighted by Crippen LogP contribution is -2.45. The fourth-order valence-electron chi connectivity index (χ4n) is 4.33. The zero-order valence-corrected chi connectivity index (χ0v) is 16.3. The Labute approximate surface area is 171 Å². The van der Waals surface area contributed by atoms with Crippen LogP contribution in [-0.2, 0) is 6.54 Å². The van der Waals surface area contributed by atoms with Crippen LogP contribution in [0.4, 0.5) is 0 Å². The minimum Gasteiger partial charge on any atom is -0.464 e. The maximum absolute atomic E-state index is 5.82. The highest BCUT2D eigenvalue weighted by Crippen LogP contribution is 2.29. The smallest absolute Gasteiger partial charge is 0.138 e. The summed E-state index contributed by atoms with van der Waals surface area (Å²) >= 11 is 0. The zero-order valence-electron chi connectivity index (χ0n) is 16.3. The Bertz CT molecular complexity index is 1080. The minimum atomic E-state index is 0.330. The first-order chi connectivity index (χ1) is 14.4. The third kappa shape index (κ3) is 3.82. The van der Waals surface area contributed by atoms with Gasteiger partial charge in [-0.3, -0.25) is 4.98 Å². The van der Waals surface area contributed by atoms with E-state index in [0.717, 1.165) is 41.7 Å². The standard InChI is InChI=1S/C25H25N3O/c1-2-7-18(8-3-1)24-23(10-6-13-27-24)28-17-21-16-20(22-9-4-5-12-26-22)15-19-11-14-29-25(19)21/h1-5,7-9,11-12,14-16,23-24,27-28H,6,10,13,17H2/t23-,24-/m1/s1. The van der Waals surface area contributed by atoms with E-state index in [9.17, 15) is 0 Å². The lowest BCUT2D eigenvalue weighted by molar-refractivity contribution is 0.304. The average Bonchev–Trinajstić information content (AvgIpc) is 3.28. The average molecular weight is 383 g/mol. The maximum atomic E-state index is 5.82. The predicted octanol–water partition coefficient (Wildman–Crippen LogP) is 5.08. The molecule has 3 heterocycles. The van der Waals surface area contributed by atoms with E-state index >= 15 is 0 Å². The molecule has 0 saturated carbocycles. The molecule has 1 aliphatic heterocycles. The first kappa shape index (κ1) is 18.1. The van der Waals surface area contributed by atoms with Gasteiger partial charge < -0.3 is 15.1 Å². The molecule has 4 heteroatoms. The van der Waals surface area contributed by atoms with Crippen molar-refractivity contribution in [3.63, 3.8) is 0 Å². The van der Waals surface area contributed by atoms with Gasteiger partial charge >= 0.3 is 0 Å². The molecule has 29 heavy (non-hydrogen) atoms. The summed E-state index contributed by atoms with van der Waals surface area (Å²) in [6.45, 7) is 1.83. The molecule has 0 bridgehead atoms. The number of hydrogen-bond donors (Lipinski definition) is 2. The number of nitrogens with one attached hydrogen (secondary N) is 2. The van der Waals surface area contributed by atoms with Crippen LogP contribution in [0, 0.1) is 0 Å². The van der Waals surface area contributed by atoms with Crippen molar-refractivity contribution >= 4 is 11.0 Å². The summed E-state index contributed by atoms with van der Waals surface area (Å²) in [6, 6.07) is 23.9.